The third-order valence-electron chi connectivity index (χ3n) is 0.985. The minimum atomic E-state index is -0.350. The molecule has 0 amide bonds. The van der Waals surface area contributed by atoms with Gasteiger partial charge in [0.25, 0.3) is 0 Å². The maximum absolute atomic E-state index is 8.23. The Balaban J connectivity index is 0. The maximum atomic E-state index is 8.23. The van der Waals surface area contributed by atoms with Crippen molar-refractivity contribution >= 4 is 11.6 Å². The van der Waals surface area contributed by atoms with Gasteiger partial charge in [-0.2, -0.15) is 0 Å². The van der Waals surface area contributed by atoms with Gasteiger partial charge in [-0.25, -0.2) is 0 Å². The topological polar surface area (TPSA) is 40.5 Å². The molecule has 0 rings (SSSR count). The number of hydrogen-bond donors (Lipinski definition) is 2. The summed E-state index contributed by atoms with van der Waals surface area (Å²) in [5.74, 6) is 0.333. The molecule has 2 nitrogen and oxygen atoms in total. The van der Waals surface area contributed by atoms with E-state index in [1.807, 2.05) is 0 Å². The molecular weight excluding hydrogens is 164 g/mol. The first-order valence-electron chi connectivity index (χ1n) is 4.03. The van der Waals surface area contributed by atoms with E-state index in [2.05, 4.69) is 6.92 Å². The molecule has 0 aromatic carbocycles. The molecule has 0 aromatic rings. The molecule has 0 bridgehead atoms. The summed E-state index contributed by atoms with van der Waals surface area (Å²) in [4.78, 5) is 0. The largest absolute Gasteiger partial charge is 0.396 e. The van der Waals surface area contributed by atoms with Crippen LogP contribution in [0.4, 0.5) is 0 Å². The third kappa shape index (κ3) is 25.4. The molecule has 0 saturated heterocycles. The predicted octanol–water partition coefficient (Wildman–Crippen LogP) is 1.77. The van der Waals surface area contributed by atoms with E-state index < -0.39 is 0 Å². The Labute approximate surface area is 74.2 Å². The van der Waals surface area contributed by atoms with Crippen LogP contribution < -0.4 is 0 Å². The molecule has 0 saturated carbocycles. The SMILES string of the molecule is CC(O)CCl.CCCCCO. The summed E-state index contributed by atoms with van der Waals surface area (Å²) >= 11 is 5.09. The molecule has 0 spiro atoms. The zero-order valence-corrected chi connectivity index (χ0v) is 8.14. The summed E-state index contributed by atoms with van der Waals surface area (Å²) < 4.78 is 0. The molecule has 70 valence electrons. The van der Waals surface area contributed by atoms with E-state index in [-0.39, 0.29) is 6.10 Å². The van der Waals surface area contributed by atoms with Gasteiger partial charge in [0.1, 0.15) is 0 Å². The Bertz CT molecular complexity index is 54.1. The van der Waals surface area contributed by atoms with E-state index in [9.17, 15) is 0 Å². The molecule has 0 heterocycles. The van der Waals surface area contributed by atoms with Crippen molar-refractivity contribution in [2.75, 3.05) is 12.5 Å². The number of aliphatic hydroxyl groups excluding tert-OH is 2. The second kappa shape index (κ2) is 12.8. The van der Waals surface area contributed by atoms with Crippen LogP contribution in [-0.4, -0.2) is 28.8 Å². The molecule has 0 aliphatic carbocycles. The zero-order chi connectivity index (χ0) is 9.11. The molecule has 0 fully saturated rings. The minimum Gasteiger partial charge on any atom is -0.396 e. The van der Waals surface area contributed by atoms with Crippen molar-refractivity contribution in [1.82, 2.24) is 0 Å². The quantitative estimate of drug-likeness (QED) is 0.514. The van der Waals surface area contributed by atoms with E-state index in [1.54, 1.807) is 6.92 Å². The molecule has 0 aliphatic rings. The monoisotopic (exact) mass is 182 g/mol. The standard InChI is InChI=1S/C5H12O.C3H7ClO/c1-2-3-4-5-6;1-3(5)2-4/h6H,2-5H2,1H3;3,5H,2H2,1H3. The Hall–Kier alpha value is 0.210. The number of aliphatic hydroxyl groups is 2. The number of rotatable bonds is 4. The minimum absolute atomic E-state index is 0.333. The Kier molecular flexibility index (Phi) is 16.1. The van der Waals surface area contributed by atoms with E-state index in [4.69, 9.17) is 21.8 Å². The molecule has 1 atom stereocenters. The van der Waals surface area contributed by atoms with Crippen molar-refractivity contribution in [2.24, 2.45) is 0 Å². The molecule has 0 aromatic heterocycles. The van der Waals surface area contributed by atoms with Crippen molar-refractivity contribution in [3.05, 3.63) is 0 Å². The highest BCUT2D eigenvalue weighted by molar-refractivity contribution is 6.18. The van der Waals surface area contributed by atoms with Gasteiger partial charge in [-0.3, -0.25) is 0 Å². The van der Waals surface area contributed by atoms with Gasteiger partial charge >= 0.3 is 0 Å². The number of unbranched alkanes of at least 4 members (excludes halogenated alkanes) is 2. The van der Waals surface area contributed by atoms with Gasteiger partial charge in [0.15, 0.2) is 0 Å². The van der Waals surface area contributed by atoms with Gasteiger partial charge in [0, 0.05) is 12.5 Å². The van der Waals surface area contributed by atoms with Gasteiger partial charge in [0.2, 0.25) is 0 Å². The maximum Gasteiger partial charge on any atom is 0.0647 e. The molecule has 11 heavy (non-hydrogen) atoms. The van der Waals surface area contributed by atoms with Crippen LogP contribution in [0.15, 0.2) is 0 Å². The fourth-order valence-corrected chi connectivity index (χ4v) is 0.362. The smallest absolute Gasteiger partial charge is 0.0647 e. The summed E-state index contributed by atoms with van der Waals surface area (Å²) in [7, 11) is 0. The first-order chi connectivity index (χ1) is 5.18. The van der Waals surface area contributed by atoms with Crippen molar-refractivity contribution < 1.29 is 10.2 Å². The fraction of sp³-hybridized carbons (Fsp3) is 1.00. The summed E-state index contributed by atoms with van der Waals surface area (Å²) in [6, 6.07) is 0. The lowest BCUT2D eigenvalue weighted by Gasteiger charge is -1.88. The first kappa shape index (κ1) is 13.8. The average molecular weight is 183 g/mol. The highest BCUT2D eigenvalue weighted by Crippen LogP contribution is 1.89. The van der Waals surface area contributed by atoms with E-state index in [0.717, 1.165) is 12.8 Å². The van der Waals surface area contributed by atoms with Gasteiger partial charge < -0.3 is 10.2 Å². The average Bonchev–Trinajstić information content (AvgIpc) is 2.02. The van der Waals surface area contributed by atoms with Crippen molar-refractivity contribution in [3.8, 4) is 0 Å². The summed E-state index contributed by atoms with van der Waals surface area (Å²) in [5, 5.41) is 16.4. The van der Waals surface area contributed by atoms with E-state index in [1.165, 1.54) is 6.42 Å². The highest BCUT2D eigenvalue weighted by Gasteiger charge is 1.84. The summed E-state index contributed by atoms with van der Waals surface area (Å²) in [6.07, 6.45) is 2.98. The van der Waals surface area contributed by atoms with E-state index in [0.29, 0.717) is 12.5 Å². The fourth-order valence-electron chi connectivity index (χ4n) is 0.362. The predicted molar refractivity (Wildman–Crippen MR) is 49.0 cm³/mol. The summed E-state index contributed by atoms with van der Waals surface area (Å²) in [5.41, 5.74) is 0. The van der Waals surface area contributed by atoms with Gasteiger partial charge in [-0.1, -0.05) is 19.8 Å². The molecule has 2 N–H and O–H groups in total. The third-order valence-corrected chi connectivity index (χ3v) is 1.43. The second-order valence-corrected chi connectivity index (χ2v) is 2.74. The Morgan fingerprint density at radius 2 is 1.82 bits per heavy atom. The van der Waals surface area contributed by atoms with Crippen molar-refractivity contribution in [1.29, 1.82) is 0 Å². The zero-order valence-electron chi connectivity index (χ0n) is 7.39. The molecular formula is C8H19ClO2. The van der Waals surface area contributed by atoms with E-state index >= 15 is 0 Å². The van der Waals surface area contributed by atoms with Crippen LogP contribution in [0.25, 0.3) is 0 Å². The first-order valence-corrected chi connectivity index (χ1v) is 4.57. The van der Waals surface area contributed by atoms with Crippen LogP contribution in [0.1, 0.15) is 33.1 Å². The van der Waals surface area contributed by atoms with Crippen LogP contribution in [-0.2, 0) is 0 Å². The Morgan fingerprint density at radius 1 is 1.36 bits per heavy atom. The molecule has 0 radical (unpaired) electrons. The number of alkyl halides is 1. The normalized spacial score (nSPS) is 11.7. The van der Waals surface area contributed by atoms with Gasteiger partial charge in [-0.15, -0.1) is 11.6 Å². The van der Waals surface area contributed by atoms with Crippen LogP contribution >= 0.6 is 11.6 Å². The Morgan fingerprint density at radius 3 is 1.91 bits per heavy atom. The lowest BCUT2D eigenvalue weighted by atomic mass is 10.3. The van der Waals surface area contributed by atoms with Crippen LogP contribution in [0.5, 0.6) is 0 Å². The lowest BCUT2D eigenvalue weighted by Crippen LogP contribution is -1.98. The molecule has 0 aliphatic heterocycles. The van der Waals surface area contributed by atoms with Crippen molar-refractivity contribution in [3.63, 3.8) is 0 Å². The van der Waals surface area contributed by atoms with Gasteiger partial charge in [0.05, 0.1) is 6.10 Å². The lowest BCUT2D eigenvalue weighted by molar-refractivity contribution is 0.219. The van der Waals surface area contributed by atoms with Crippen LogP contribution in [0, 0.1) is 0 Å². The molecule has 1 unspecified atom stereocenters. The van der Waals surface area contributed by atoms with Gasteiger partial charge in [-0.05, 0) is 13.3 Å². The van der Waals surface area contributed by atoms with Crippen LogP contribution in [0.3, 0.4) is 0 Å². The summed E-state index contributed by atoms with van der Waals surface area (Å²) in [6.45, 7) is 4.12. The second-order valence-electron chi connectivity index (χ2n) is 2.43. The van der Waals surface area contributed by atoms with Crippen LogP contribution in [0.2, 0.25) is 0 Å². The number of halogens is 1. The molecule has 3 heteroatoms. The highest BCUT2D eigenvalue weighted by atomic mass is 35.5. The van der Waals surface area contributed by atoms with Crippen molar-refractivity contribution in [2.45, 2.75) is 39.2 Å². The number of hydrogen-bond acceptors (Lipinski definition) is 2.